The maximum Gasteiger partial charge on any atom is 1.00 e. The fourth-order valence-corrected chi connectivity index (χ4v) is 14.3. The van der Waals surface area contributed by atoms with Gasteiger partial charge in [0.2, 0.25) is 0 Å². The van der Waals surface area contributed by atoms with Crippen LogP contribution in [0.1, 0.15) is 66.9 Å². The van der Waals surface area contributed by atoms with Gasteiger partial charge in [-0.25, -0.2) is 16.8 Å². The zero-order chi connectivity index (χ0) is 54.0. The van der Waals surface area contributed by atoms with Crippen LogP contribution in [0.15, 0.2) is 92.0 Å². The van der Waals surface area contributed by atoms with Crippen molar-refractivity contribution in [2.45, 2.75) is 86.1 Å². The third-order valence-electron chi connectivity index (χ3n) is 13.1. The standard InChI is InChI=1S/C23H32N2O5S2.C18H24N2O4S2.C6H12O4S.C4H8O.Na.H/c1-22(2,26)18-6-8-19(9-7-18)25-11-10-24(32(27,28)21-5-4-12-31-21)13-20(25)14-29-15-23(3)16-30-17-23;1-18(2,22)14-5-7-15(8-6-14)20-10-9-19(12-16(20)13-21)26(23,24)17-4-3-11-25-17;1-6(3-9-4-6)5-10-11(2,7)8;1-2-4-5-3-1;;/h4-9,12,20,26H,10-11,13-17H2,1-3H3;3-8,11,16,21-22H,9-10,12-13H2,1-2H3;3-5H2,1-2H3;1-4H2;;/q;;;;+1;-1/t20-;16-;;;;/m11..../s1. The van der Waals surface area contributed by atoms with E-state index in [9.17, 15) is 40.6 Å². The predicted molar refractivity (Wildman–Crippen MR) is 290 cm³/mol. The van der Waals surface area contributed by atoms with Gasteiger partial charge in [0.25, 0.3) is 30.2 Å². The van der Waals surface area contributed by atoms with E-state index in [0.29, 0.717) is 80.8 Å². The van der Waals surface area contributed by atoms with Gasteiger partial charge in [-0.15, -0.1) is 22.7 Å². The molecule has 0 spiro atoms. The average Bonchev–Trinajstić information content (AvgIpc) is 4.19. The number of nitrogens with zero attached hydrogens (tertiary/aromatic N) is 4. The molecule has 4 aromatic rings. The molecule has 0 bridgehead atoms. The predicted octanol–water partition coefficient (Wildman–Crippen LogP) is 2.67. The van der Waals surface area contributed by atoms with E-state index >= 15 is 0 Å². The molecule has 0 unspecified atom stereocenters. The van der Waals surface area contributed by atoms with Gasteiger partial charge in [0.15, 0.2) is 0 Å². The summed E-state index contributed by atoms with van der Waals surface area (Å²) in [6.07, 6.45) is 3.61. The fraction of sp³-hybridized carbons (Fsp3) is 0.608. The van der Waals surface area contributed by atoms with Crippen LogP contribution in [0.4, 0.5) is 11.4 Å². The van der Waals surface area contributed by atoms with Crippen LogP contribution in [-0.2, 0) is 64.5 Å². The van der Waals surface area contributed by atoms with Gasteiger partial charge < -0.3 is 45.5 Å². The van der Waals surface area contributed by atoms with Crippen LogP contribution in [0.2, 0.25) is 0 Å². The van der Waals surface area contributed by atoms with Gasteiger partial charge in [-0.1, -0.05) is 50.2 Å². The molecule has 2 aromatic heterocycles. The Bertz CT molecular complexity index is 2670. The molecule has 5 aliphatic rings. The number of ether oxygens (including phenoxy) is 4. The molecule has 0 aliphatic carbocycles. The molecule has 0 amide bonds. The number of anilines is 2. The normalized spacial score (nSPS) is 21.1. The maximum absolute atomic E-state index is 13.1. The number of aliphatic hydroxyl groups is 3. The van der Waals surface area contributed by atoms with Gasteiger partial charge >= 0.3 is 29.6 Å². The molecule has 5 fully saturated rings. The fourth-order valence-electron chi connectivity index (χ4n) is 8.53. The minimum absolute atomic E-state index is 0. The van der Waals surface area contributed by atoms with Crippen LogP contribution in [0, 0.1) is 10.8 Å². The zero-order valence-electron chi connectivity index (χ0n) is 45.6. The number of hydrogen-bond acceptors (Lipinski definition) is 18. The van der Waals surface area contributed by atoms with Crippen molar-refractivity contribution >= 4 is 64.2 Å². The largest absolute Gasteiger partial charge is 1.00 e. The first-order chi connectivity index (χ1) is 34.7. The van der Waals surface area contributed by atoms with E-state index in [2.05, 4.69) is 16.0 Å². The minimum atomic E-state index is -3.51. The van der Waals surface area contributed by atoms with Crippen LogP contribution in [0.3, 0.4) is 0 Å². The Morgan fingerprint density at radius 2 is 1.05 bits per heavy atom. The quantitative estimate of drug-likeness (QED) is 0.108. The first kappa shape index (κ1) is 63.7. The number of thiophene rings is 2. The Morgan fingerprint density at radius 1 is 0.640 bits per heavy atom. The summed E-state index contributed by atoms with van der Waals surface area (Å²) >= 11 is 2.45. The molecule has 0 saturated carbocycles. The van der Waals surface area contributed by atoms with Gasteiger partial charge in [-0.3, -0.25) is 4.18 Å². The summed E-state index contributed by atoms with van der Waals surface area (Å²) < 4.78 is 102. The molecule has 18 nitrogen and oxygen atoms in total. The summed E-state index contributed by atoms with van der Waals surface area (Å²) in [7, 11) is -10.3. The van der Waals surface area contributed by atoms with Crippen molar-refractivity contribution in [3.05, 3.63) is 94.7 Å². The molecule has 5 aliphatic heterocycles. The van der Waals surface area contributed by atoms with Gasteiger partial charge in [-0.05, 0) is 98.8 Å². The van der Waals surface area contributed by atoms with Crippen molar-refractivity contribution in [1.82, 2.24) is 8.61 Å². The maximum atomic E-state index is 13.1. The monoisotopic (exact) mass is 1150 g/mol. The smallest absolute Gasteiger partial charge is 1.00 e. The second-order valence-corrected chi connectivity index (χ2v) is 29.0. The van der Waals surface area contributed by atoms with Crippen LogP contribution in [0.5, 0.6) is 0 Å². The summed E-state index contributed by atoms with van der Waals surface area (Å²) in [6.45, 7) is 19.2. The van der Waals surface area contributed by atoms with Crippen LogP contribution >= 0.6 is 22.7 Å². The Labute approximate surface area is 476 Å². The van der Waals surface area contributed by atoms with E-state index in [1.807, 2.05) is 60.4 Å². The number of hydrogen-bond donors (Lipinski definition) is 3. The molecule has 7 heterocycles. The number of sulfonamides is 2. The molecule has 9 rings (SSSR count). The summed E-state index contributed by atoms with van der Waals surface area (Å²) in [5.74, 6) is 0. The van der Waals surface area contributed by atoms with Gasteiger partial charge in [-0.2, -0.15) is 17.0 Å². The molecule has 3 N–H and O–H groups in total. The molecule has 2 aromatic carbocycles. The van der Waals surface area contributed by atoms with Crippen molar-refractivity contribution in [2.24, 2.45) is 10.8 Å². The van der Waals surface area contributed by atoms with Crippen molar-refractivity contribution in [2.75, 3.05) is 121 Å². The van der Waals surface area contributed by atoms with Gasteiger partial charge in [0.05, 0.1) is 82.4 Å². The number of rotatable bonds is 16. The molecule has 5 saturated heterocycles. The van der Waals surface area contributed by atoms with E-state index in [0.717, 1.165) is 42.0 Å². The second-order valence-electron chi connectivity index (χ2n) is 21.1. The Balaban J connectivity index is 0.000000252. The third kappa shape index (κ3) is 18.2. The molecule has 416 valence electrons. The first-order valence-corrected chi connectivity index (χ1v) is 31.2. The van der Waals surface area contributed by atoms with Crippen LogP contribution < -0.4 is 39.4 Å². The molecular weight excluding hydrogens is 1080 g/mol. The first-order valence-electron chi connectivity index (χ1n) is 24.8. The SMILES string of the molecule is C1CCOC1.CC(C)(O)c1ccc(N2CCN(S(=O)(=O)c3cccs3)C[C@@H]2CO)cc1.CC1(COC[C@H]2CN(S(=O)(=O)c3cccs3)CCN2c2ccc(C(C)(C)O)cc2)COC1.CC1(COS(C)(=O)=O)COC1.[H-].[Na+]. The van der Waals surface area contributed by atoms with E-state index in [-0.39, 0.29) is 73.7 Å². The van der Waals surface area contributed by atoms with E-state index in [4.69, 9.17) is 18.9 Å². The number of benzene rings is 2. The van der Waals surface area contributed by atoms with Crippen LogP contribution in [-0.4, -0.2) is 173 Å². The van der Waals surface area contributed by atoms with Crippen molar-refractivity contribution in [1.29, 1.82) is 0 Å². The van der Waals surface area contributed by atoms with Gasteiger partial charge in [0, 0.05) is 74.7 Å². The molecule has 2 atom stereocenters. The Hall–Kier alpha value is -2.11. The zero-order valence-corrected chi connectivity index (χ0v) is 50.7. The average molecular weight is 1150 g/mol. The number of aliphatic hydroxyl groups excluding tert-OH is 1. The van der Waals surface area contributed by atoms with Gasteiger partial charge in [0.1, 0.15) is 8.42 Å². The summed E-state index contributed by atoms with van der Waals surface area (Å²) in [6, 6.07) is 21.7. The summed E-state index contributed by atoms with van der Waals surface area (Å²) in [4.78, 5) is 4.24. The minimum Gasteiger partial charge on any atom is -1.00 e. The topological polar surface area (TPSA) is 222 Å². The Kier molecular flexibility index (Phi) is 23.3. The third-order valence-corrected chi connectivity index (χ3v) is 20.1. The summed E-state index contributed by atoms with van der Waals surface area (Å²) in [5.41, 5.74) is 1.67. The van der Waals surface area contributed by atoms with E-state index in [1.165, 1.54) is 39.8 Å². The van der Waals surface area contributed by atoms with E-state index in [1.54, 1.807) is 67.0 Å². The second kappa shape index (κ2) is 27.4. The molecule has 24 heteroatoms. The Morgan fingerprint density at radius 3 is 1.39 bits per heavy atom. The van der Waals surface area contributed by atoms with Crippen LogP contribution in [0.25, 0.3) is 0 Å². The van der Waals surface area contributed by atoms with Crippen molar-refractivity contribution in [3.63, 3.8) is 0 Å². The van der Waals surface area contributed by atoms with Crippen molar-refractivity contribution < 1.29 is 94.7 Å². The molecule has 75 heavy (non-hydrogen) atoms. The van der Waals surface area contributed by atoms with Crippen molar-refractivity contribution in [3.8, 4) is 0 Å². The summed E-state index contributed by atoms with van der Waals surface area (Å²) in [5, 5.41) is 33.7. The number of piperazine rings is 2. The van der Waals surface area contributed by atoms with E-state index < -0.39 is 41.4 Å². The molecular formula is C51H77N4NaO14S5. The molecule has 0 radical (unpaired) electrons.